The molecule has 3 aliphatic heterocycles. The molecule has 19 heavy (non-hydrogen) atoms. The third-order valence-corrected chi connectivity index (χ3v) is 4.11. The third-order valence-electron chi connectivity index (χ3n) is 3.63. The topological polar surface area (TPSA) is 113 Å². The van der Waals surface area contributed by atoms with Gasteiger partial charge in [0, 0.05) is 5.92 Å². The number of β-lactam (4-membered cyclic amide) rings is 1. The number of hydrogen-bond acceptors (Lipinski definition) is 6. The molecule has 0 spiro atoms. The van der Waals surface area contributed by atoms with Gasteiger partial charge in [-0.2, -0.15) is 8.42 Å². The second-order valence-corrected chi connectivity index (χ2v) is 6.41. The number of piperidine rings is 1. The molecule has 3 rings (SSSR count). The van der Waals surface area contributed by atoms with Crippen molar-refractivity contribution in [1.29, 1.82) is 0 Å². The Morgan fingerprint density at radius 3 is 2.79 bits per heavy atom. The van der Waals surface area contributed by atoms with Crippen LogP contribution in [0.25, 0.3) is 0 Å². The molecular formula is C10H12N2O6S. The van der Waals surface area contributed by atoms with E-state index in [9.17, 15) is 23.1 Å². The van der Waals surface area contributed by atoms with E-state index in [1.165, 1.54) is 0 Å². The molecule has 0 radical (unpaired) electrons. The standard InChI is InChI=1S/C10H12N2O6S/c1-19(16,17)18-8-4-2-3-11-5-6(4)12(9(5)13)7(8)10(14)15/h4-6,11H,2-3H2,1H3,(H,14,15)/t4?,5-,6+/m0/s1. The second-order valence-electron chi connectivity index (χ2n) is 4.83. The average Bonchev–Trinajstić information content (AvgIpc) is 2.60. The summed E-state index contributed by atoms with van der Waals surface area (Å²) in [6.45, 7) is 0.523. The molecule has 0 aromatic carbocycles. The Kier molecular flexibility index (Phi) is 2.42. The SMILES string of the molecule is CS(=O)(=O)OC1=C(C(=O)O)N2C(=O)[C@H]3NCCC1[C@H]32. The zero-order valence-electron chi connectivity index (χ0n) is 9.99. The fourth-order valence-corrected chi connectivity index (χ4v) is 3.54. The maximum Gasteiger partial charge on any atom is 0.356 e. The van der Waals surface area contributed by atoms with Crippen molar-refractivity contribution in [3.63, 3.8) is 0 Å². The highest BCUT2D eigenvalue weighted by Crippen LogP contribution is 2.46. The van der Waals surface area contributed by atoms with E-state index in [-0.39, 0.29) is 29.3 Å². The van der Waals surface area contributed by atoms with Gasteiger partial charge in [0.15, 0.2) is 11.5 Å². The summed E-state index contributed by atoms with van der Waals surface area (Å²) < 4.78 is 27.4. The van der Waals surface area contributed by atoms with Crippen molar-refractivity contribution in [3.05, 3.63) is 11.5 Å². The highest BCUT2D eigenvalue weighted by molar-refractivity contribution is 7.86. The fraction of sp³-hybridized carbons (Fsp3) is 0.600. The molecule has 0 bridgehead atoms. The molecule has 1 unspecified atom stereocenters. The van der Waals surface area contributed by atoms with Gasteiger partial charge >= 0.3 is 16.1 Å². The molecule has 2 fully saturated rings. The van der Waals surface area contributed by atoms with Crippen LogP contribution in [0, 0.1) is 5.92 Å². The van der Waals surface area contributed by atoms with Crippen molar-refractivity contribution in [2.45, 2.75) is 18.5 Å². The van der Waals surface area contributed by atoms with Gasteiger partial charge in [-0.05, 0) is 13.0 Å². The Labute approximate surface area is 109 Å². The van der Waals surface area contributed by atoms with Crippen LogP contribution in [0.1, 0.15) is 6.42 Å². The van der Waals surface area contributed by atoms with Crippen LogP contribution in [0.4, 0.5) is 0 Å². The summed E-state index contributed by atoms with van der Waals surface area (Å²) in [4.78, 5) is 24.2. The van der Waals surface area contributed by atoms with Gasteiger partial charge in [0.25, 0.3) is 0 Å². The zero-order valence-corrected chi connectivity index (χ0v) is 10.8. The van der Waals surface area contributed by atoms with Crippen LogP contribution in [-0.2, 0) is 23.9 Å². The average molecular weight is 288 g/mol. The monoisotopic (exact) mass is 288 g/mol. The van der Waals surface area contributed by atoms with Crippen LogP contribution in [0.15, 0.2) is 11.5 Å². The van der Waals surface area contributed by atoms with E-state index >= 15 is 0 Å². The number of nitrogens with zero attached hydrogens (tertiary/aromatic N) is 1. The van der Waals surface area contributed by atoms with Crippen molar-refractivity contribution in [2.24, 2.45) is 5.92 Å². The van der Waals surface area contributed by atoms with Crippen LogP contribution < -0.4 is 5.32 Å². The van der Waals surface area contributed by atoms with Gasteiger partial charge in [-0.1, -0.05) is 0 Å². The number of rotatable bonds is 3. The van der Waals surface area contributed by atoms with E-state index in [1.54, 1.807) is 0 Å². The first kappa shape index (κ1) is 12.4. The Morgan fingerprint density at radius 1 is 1.53 bits per heavy atom. The molecule has 3 atom stereocenters. The van der Waals surface area contributed by atoms with Gasteiger partial charge in [-0.25, -0.2) is 4.79 Å². The summed E-state index contributed by atoms with van der Waals surface area (Å²) in [7, 11) is -3.83. The number of carbonyl (C=O) groups excluding carboxylic acids is 1. The molecule has 3 heterocycles. The lowest BCUT2D eigenvalue weighted by Crippen LogP contribution is -2.71. The Balaban J connectivity index is 2.07. The summed E-state index contributed by atoms with van der Waals surface area (Å²) in [6, 6.07) is -0.780. The summed E-state index contributed by atoms with van der Waals surface area (Å²) in [5.74, 6) is -2.18. The van der Waals surface area contributed by atoms with Crippen LogP contribution in [0.5, 0.6) is 0 Å². The van der Waals surface area contributed by atoms with Crippen molar-refractivity contribution in [2.75, 3.05) is 12.8 Å². The molecule has 0 aromatic heterocycles. The molecule has 2 N–H and O–H groups in total. The number of carbonyl (C=O) groups is 2. The molecule has 0 aliphatic carbocycles. The number of hydrogen-bond donors (Lipinski definition) is 2. The predicted octanol–water partition coefficient (Wildman–Crippen LogP) is -1.54. The molecule has 1 amide bonds. The van der Waals surface area contributed by atoms with Gasteiger partial charge in [-0.15, -0.1) is 0 Å². The Morgan fingerprint density at radius 2 is 2.21 bits per heavy atom. The van der Waals surface area contributed by atoms with Gasteiger partial charge in [0.1, 0.15) is 6.04 Å². The maximum atomic E-state index is 11.8. The summed E-state index contributed by atoms with van der Waals surface area (Å²) >= 11 is 0. The molecule has 0 saturated carbocycles. The third kappa shape index (κ3) is 1.65. The molecule has 104 valence electrons. The quantitative estimate of drug-likeness (QED) is 0.478. The first-order valence-electron chi connectivity index (χ1n) is 5.74. The normalized spacial score (nSPS) is 33.0. The summed E-state index contributed by atoms with van der Waals surface area (Å²) in [5, 5.41) is 12.2. The largest absolute Gasteiger partial charge is 0.476 e. The first-order chi connectivity index (χ1) is 8.81. The van der Waals surface area contributed by atoms with Gasteiger partial charge < -0.3 is 14.6 Å². The summed E-state index contributed by atoms with van der Waals surface area (Å²) in [5.41, 5.74) is -0.342. The zero-order chi connectivity index (χ0) is 13.9. The molecule has 8 nitrogen and oxygen atoms in total. The number of aliphatic carboxylic acids is 1. The van der Waals surface area contributed by atoms with Crippen LogP contribution in [0.2, 0.25) is 0 Å². The highest BCUT2D eigenvalue weighted by atomic mass is 32.2. The number of carboxylic acids is 1. The molecule has 3 aliphatic rings. The van der Waals surface area contributed by atoms with E-state index in [0.717, 1.165) is 11.2 Å². The molecule has 2 saturated heterocycles. The van der Waals surface area contributed by atoms with Crippen molar-refractivity contribution >= 4 is 22.0 Å². The van der Waals surface area contributed by atoms with E-state index < -0.39 is 22.1 Å². The maximum absolute atomic E-state index is 11.8. The van der Waals surface area contributed by atoms with Crippen LogP contribution in [-0.4, -0.2) is 55.2 Å². The second kappa shape index (κ2) is 3.70. The molecule has 0 aromatic rings. The number of nitrogens with one attached hydrogen (secondary N) is 1. The van der Waals surface area contributed by atoms with E-state index in [2.05, 4.69) is 5.32 Å². The Bertz CT molecular complexity index is 610. The summed E-state index contributed by atoms with van der Waals surface area (Å²) in [6.07, 6.45) is 1.39. The lowest BCUT2D eigenvalue weighted by Gasteiger charge is -2.48. The van der Waals surface area contributed by atoms with E-state index in [0.29, 0.717) is 13.0 Å². The fourth-order valence-electron chi connectivity index (χ4n) is 3.01. The minimum absolute atomic E-state index is 0.114. The Hall–Kier alpha value is -1.61. The van der Waals surface area contributed by atoms with Crippen LogP contribution in [0.3, 0.4) is 0 Å². The predicted molar refractivity (Wildman–Crippen MR) is 61.1 cm³/mol. The van der Waals surface area contributed by atoms with Gasteiger partial charge in [0.05, 0.1) is 12.3 Å². The van der Waals surface area contributed by atoms with Crippen LogP contribution >= 0.6 is 0 Å². The van der Waals surface area contributed by atoms with Crippen molar-refractivity contribution in [3.8, 4) is 0 Å². The lowest BCUT2D eigenvalue weighted by atomic mass is 9.82. The smallest absolute Gasteiger partial charge is 0.356 e. The number of amides is 1. The lowest BCUT2D eigenvalue weighted by molar-refractivity contribution is -0.154. The van der Waals surface area contributed by atoms with Gasteiger partial charge in [-0.3, -0.25) is 9.69 Å². The van der Waals surface area contributed by atoms with Crippen molar-refractivity contribution in [1.82, 2.24) is 10.2 Å². The minimum Gasteiger partial charge on any atom is -0.476 e. The van der Waals surface area contributed by atoms with Gasteiger partial charge in [0.2, 0.25) is 5.91 Å². The highest BCUT2D eigenvalue weighted by Gasteiger charge is 2.62. The number of carboxylic acid groups (broad SMARTS) is 1. The first-order valence-corrected chi connectivity index (χ1v) is 7.56. The van der Waals surface area contributed by atoms with E-state index in [4.69, 9.17) is 4.18 Å². The minimum atomic E-state index is -3.83. The molecular weight excluding hydrogens is 276 g/mol. The molecule has 9 heteroatoms. The van der Waals surface area contributed by atoms with Crippen molar-refractivity contribution < 1.29 is 27.3 Å². The van der Waals surface area contributed by atoms with E-state index in [1.807, 2.05) is 0 Å².